The molecule has 0 unspecified atom stereocenters. The molecule has 25 heavy (non-hydrogen) atoms. The van der Waals surface area contributed by atoms with Gasteiger partial charge in [-0.3, -0.25) is 14.6 Å². The largest absolute Gasteiger partial charge is 0.367 e. The third kappa shape index (κ3) is 4.07. The molecule has 1 fully saturated rings. The lowest BCUT2D eigenvalue weighted by Crippen LogP contribution is -2.43. The zero-order valence-corrected chi connectivity index (χ0v) is 15.3. The van der Waals surface area contributed by atoms with Crippen molar-refractivity contribution in [2.24, 2.45) is 0 Å². The number of rotatable bonds is 5. The van der Waals surface area contributed by atoms with Gasteiger partial charge in [0, 0.05) is 24.7 Å². The molecule has 1 saturated heterocycles. The minimum Gasteiger partial charge on any atom is -0.367 e. The van der Waals surface area contributed by atoms with Crippen molar-refractivity contribution in [3.63, 3.8) is 0 Å². The predicted octanol–water partition coefficient (Wildman–Crippen LogP) is 1.85. The van der Waals surface area contributed by atoms with Gasteiger partial charge in [0.2, 0.25) is 5.91 Å². The molecule has 0 radical (unpaired) electrons. The topological polar surface area (TPSA) is 88.9 Å². The zero-order chi connectivity index (χ0) is 18.0. The van der Waals surface area contributed by atoms with Crippen molar-refractivity contribution in [2.75, 3.05) is 19.7 Å². The molecule has 1 N–H and O–H groups in total. The van der Waals surface area contributed by atoms with Crippen LogP contribution in [0.5, 0.6) is 0 Å². The van der Waals surface area contributed by atoms with Crippen molar-refractivity contribution in [3.8, 4) is 0 Å². The number of morpholine rings is 1. The van der Waals surface area contributed by atoms with Gasteiger partial charge in [-0.05, 0) is 19.9 Å². The van der Waals surface area contributed by atoms with E-state index in [1.165, 1.54) is 0 Å². The Labute approximate surface area is 147 Å². The van der Waals surface area contributed by atoms with Gasteiger partial charge in [-0.2, -0.15) is 10.2 Å². The van der Waals surface area contributed by atoms with Crippen LogP contribution in [-0.2, 0) is 16.0 Å². The van der Waals surface area contributed by atoms with E-state index in [-0.39, 0.29) is 17.9 Å². The highest BCUT2D eigenvalue weighted by atomic mass is 16.5. The number of ether oxygens (including phenoxy) is 1. The summed E-state index contributed by atoms with van der Waals surface area (Å²) in [6.45, 7) is 9.78. The molecular weight excluding hydrogens is 320 g/mol. The number of hydrogen-bond donors (Lipinski definition) is 1. The van der Waals surface area contributed by atoms with Crippen LogP contribution in [-0.4, -0.2) is 55.5 Å². The summed E-state index contributed by atoms with van der Waals surface area (Å²) in [5.74, 6) is 1.76. The summed E-state index contributed by atoms with van der Waals surface area (Å²) in [6, 6.07) is 2.19. The van der Waals surface area contributed by atoms with Gasteiger partial charge in [0.1, 0.15) is 6.10 Å². The third-order valence-corrected chi connectivity index (χ3v) is 4.29. The average molecular weight is 346 g/mol. The number of nitrogens with one attached hydrogen (secondary N) is 1. The minimum atomic E-state index is -0.258. The summed E-state index contributed by atoms with van der Waals surface area (Å²) in [5.41, 5.74) is 0.795. The van der Waals surface area contributed by atoms with Gasteiger partial charge in [0.25, 0.3) is 0 Å². The number of aromatic nitrogens is 5. The lowest BCUT2D eigenvalue weighted by Gasteiger charge is -2.31. The summed E-state index contributed by atoms with van der Waals surface area (Å²) in [6.07, 6.45) is 1.96. The Hall–Kier alpha value is -2.22. The second kappa shape index (κ2) is 7.35. The molecule has 0 aliphatic carbocycles. The number of nitrogens with zero attached hydrogens (tertiary/aromatic N) is 5. The smallest absolute Gasteiger partial charge is 0.228 e. The van der Waals surface area contributed by atoms with Crippen molar-refractivity contribution >= 4 is 5.91 Å². The fourth-order valence-corrected chi connectivity index (χ4v) is 2.76. The van der Waals surface area contributed by atoms with E-state index in [9.17, 15) is 4.79 Å². The highest BCUT2D eigenvalue weighted by molar-refractivity contribution is 5.78. The summed E-state index contributed by atoms with van der Waals surface area (Å²) in [4.78, 5) is 18.9. The molecule has 0 saturated carbocycles. The van der Waals surface area contributed by atoms with Crippen molar-refractivity contribution in [3.05, 3.63) is 29.6 Å². The normalized spacial score (nSPS) is 18.3. The zero-order valence-electron chi connectivity index (χ0n) is 15.3. The Kier molecular flexibility index (Phi) is 5.17. The van der Waals surface area contributed by atoms with Crippen molar-refractivity contribution in [2.45, 2.75) is 52.2 Å². The van der Waals surface area contributed by atoms with E-state index in [1.54, 1.807) is 0 Å². The van der Waals surface area contributed by atoms with Crippen LogP contribution in [0.1, 0.15) is 63.1 Å². The quantitative estimate of drug-likeness (QED) is 0.892. The SMILES string of the molecule is CC(C)c1n[nH]c([C@H]2CN(C(=O)Cc3ccn(C(C)C)n3)CCO2)n1. The van der Waals surface area contributed by atoms with Crippen LogP contribution < -0.4 is 0 Å². The number of carbonyl (C=O) groups excluding carboxylic acids is 1. The summed E-state index contributed by atoms with van der Waals surface area (Å²) in [7, 11) is 0. The van der Waals surface area contributed by atoms with E-state index < -0.39 is 0 Å². The molecule has 136 valence electrons. The Morgan fingerprint density at radius 2 is 2.20 bits per heavy atom. The van der Waals surface area contributed by atoms with E-state index in [2.05, 4.69) is 34.1 Å². The Bertz CT molecular complexity index is 720. The molecule has 1 aliphatic heterocycles. The number of H-pyrrole nitrogens is 1. The molecule has 3 heterocycles. The van der Waals surface area contributed by atoms with Gasteiger partial charge in [-0.15, -0.1) is 0 Å². The first-order valence-electron chi connectivity index (χ1n) is 8.79. The van der Waals surface area contributed by atoms with Crippen LogP contribution in [0.25, 0.3) is 0 Å². The van der Waals surface area contributed by atoms with Crippen LogP contribution in [0.2, 0.25) is 0 Å². The number of hydrogen-bond acceptors (Lipinski definition) is 5. The van der Waals surface area contributed by atoms with Crippen molar-refractivity contribution < 1.29 is 9.53 Å². The Morgan fingerprint density at radius 1 is 1.40 bits per heavy atom. The molecule has 1 aliphatic rings. The monoisotopic (exact) mass is 346 g/mol. The van der Waals surface area contributed by atoms with Crippen LogP contribution in [0, 0.1) is 0 Å². The first-order valence-corrected chi connectivity index (χ1v) is 8.79. The average Bonchev–Trinajstić information content (AvgIpc) is 3.24. The molecule has 1 atom stereocenters. The highest BCUT2D eigenvalue weighted by Crippen LogP contribution is 2.21. The maximum absolute atomic E-state index is 12.6. The van der Waals surface area contributed by atoms with E-state index in [1.807, 2.05) is 35.7 Å². The van der Waals surface area contributed by atoms with Crippen LogP contribution in [0.3, 0.4) is 0 Å². The minimum absolute atomic E-state index is 0.0610. The van der Waals surface area contributed by atoms with Gasteiger partial charge < -0.3 is 9.64 Å². The lowest BCUT2D eigenvalue weighted by atomic mass is 10.2. The van der Waals surface area contributed by atoms with E-state index in [0.717, 1.165) is 11.5 Å². The second-order valence-electron chi connectivity index (χ2n) is 6.99. The number of carbonyl (C=O) groups is 1. The van der Waals surface area contributed by atoms with Crippen LogP contribution >= 0.6 is 0 Å². The van der Waals surface area contributed by atoms with Crippen molar-refractivity contribution in [1.82, 2.24) is 29.9 Å². The summed E-state index contributed by atoms with van der Waals surface area (Å²) < 4.78 is 7.64. The first-order chi connectivity index (χ1) is 11.9. The van der Waals surface area contributed by atoms with Crippen LogP contribution in [0.4, 0.5) is 0 Å². The molecular formula is C17H26N6O2. The van der Waals surface area contributed by atoms with E-state index in [0.29, 0.717) is 38.0 Å². The molecule has 3 rings (SSSR count). The van der Waals surface area contributed by atoms with Gasteiger partial charge in [0.15, 0.2) is 11.6 Å². The van der Waals surface area contributed by atoms with E-state index >= 15 is 0 Å². The van der Waals surface area contributed by atoms with Gasteiger partial charge in [-0.1, -0.05) is 13.8 Å². The highest BCUT2D eigenvalue weighted by Gasteiger charge is 2.28. The fourth-order valence-electron chi connectivity index (χ4n) is 2.76. The lowest BCUT2D eigenvalue weighted by molar-refractivity contribution is -0.138. The molecule has 0 bridgehead atoms. The van der Waals surface area contributed by atoms with Gasteiger partial charge >= 0.3 is 0 Å². The summed E-state index contributed by atoms with van der Waals surface area (Å²) in [5, 5.41) is 11.6. The van der Waals surface area contributed by atoms with E-state index in [4.69, 9.17) is 4.74 Å². The van der Waals surface area contributed by atoms with Crippen molar-refractivity contribution in [1.29, 1.82) is 0 Å². The maximum atomic E-state index is 12.6. The molecule has 0 aromatic carbocycles. The van der Waals surface area contributed by atoms with Crippen LogP contribution in [0.15, 0.2) is 12.3 Å². The Morgan fingerprint density at radius 3 is 2.84 bits per heavy atom. The van der Waals surface area contributed by atoms with Gasteiger partial charge in [0.05, 0.1) is 25.3 Å². The Balaban J connectivity index is 1.62. The molecule has 2 aromatic rings. The molecule has 0 spiro atoms. The molecule has 8 heteroatoms. The third-order valence-electron chi connectivity index (χ3n) is 4.29. The molecule has 2 aromatic heterocycles. The molecule has 1 amide bonds. The molecule has 8 nitrogen and oxygen atoms in total. The number of amides is 1. The maximum Gasteiger partial charge on any atom is 0.228 e. The van der Waals surface area contributed by atoms with Gasteiger partial charge in [-0.25, -0.2) is 4.98 Å². The summed E-state index contributed by atoms with van der Waals surface area (Å²) >= 11 is 0. The fraction of sp³-hybridized carbons (Fsp3) is 0.647. The first kappa shape index (κ1) is 17.6. The standard InChI is InChI=1S/C17H26N6O2/c1-11(2)16-18-17(20-19-16)14-10-22(7-8-25-14)15(24)9-13-5-6-23(21-13)12(3)4/h5-6,11-12,14H,7-10H2,1-4H3,(H,18,19,20)/t14-/m1/s1. The predicted molar refractivity (Wildman–Crippen MR) is 92.1 cm³/mol. The second-order valence-corrected chi connectivity index (χ2v) is 6.99. The number of aromatic amines is 1.